The predicted molar refractivity (Wildman–Crippen MR) is 94.7 cm³/mol. The van der Waals surface area contributed by atoms with Gasteiger partial charge < -0.3 is 4.74 Å². The molecule has 1 atom stereocenters. The van der Waals surface area contributed by atoms with Crippen molar-refractivity contribution in [1.82, 2.24) is 8.96 Å². The summed E-state index contributed by atoms with van der Waals surface area (Å²) >= 11 is 0. The van der Waals surface area contributed by atoms with E-state index < -0.39 is 27.2 Å². The van der Waals surface area contributed by atoms with E-state index in [4.69, 9.17) is 10.00 Å². The van der Waals surface area contributed by atoms with Crippen molar-refractivity contribution in [2.45, 2.75) is 32.1 Å². The second-order valence-corrected chi connectivity index (χ2v) is 8.13. The number of aryl methyl sites for hydroxylation is 1. The molecular formula is C18H19N3O4S. The van der Waals surface area contributed by atoms with Crippen LogP contribution in [0, 0.1) is 18.3 Å². The Balaban J connectivity index is 2.19. The highest BCUT2D eigenvalue weighted by Crippen LogP contribution is 2.42. The molecule has 0 fully saturated rings. The number of nitriles is 1. The quantitative estimate of drug-likeness (QED) is 0.744. The molecule has 0 saturated carbocycles. The van der Waals surface area contributed by atoms with Gasteiger partial charge in [0.2, 0.25) is 10.0 Å². The van der Waals surface area contributed by atoms with Gasteiger partial charge in [0.05, 0.1) is 30.3 Å². The van der Waals surface area contributed by atoms with Crippen LogP contribution in [0.1, 0.15) is 31.0 Å². The maximum absolute atomic E-state index is 12.9. The fourth-order valence-corrected chi connectivity index (χ4v) is 5.39. The van der Waals surface area contributed by atoms with Crippen LogP contribution in [0.5, 0.6) is 0 Å². The molecular weight excluding hydrogens is 354 g/mol. The van der Waals surface area contributed by atoms with Crippen LogP contribution in [0.15, 0.2) is 30.5 Å². The molecule has 1 aromatic heterocycles. The molecule has 0 bridgehead atoms. The van der Waals surface area contributed by atoms with Gasteiger partial charge in [0.1, 0.15) is 5.41 Å². The first-order valence-electron chi connectivity index (χ1n) is 8.28. The van der Waals surface area contributed by atoms with Crippen molar-refractivity contribution in [1.29, 1.82) is 5.26 Å². The number of rotatable bonds is 5. The fourth-order valence-electron chi connectivity index (χ4n) is 3.29. The Labute approximate surface area is 152 Å². The zero-order valence-corrected chi connectivity index (χ0v) is 15.4. The molecule has 1 aliphatic heterocycles. The van der Waals surface area contributed by atoms with Crippen LogP contribution < -0.4 is 0 Å². The number of esters is 1. The van der Waals surface area contributed by atoms with Crippen molar-refractivity contribution in [3.63, 3.8) is 0 Å². The van der Waals surface area contributed by atoms with Crippen LogP contribution in [0.3, 0.4) is 0 Å². The minimum Gasteiger partial charge on any atom is -0.465 e. The van der Waals surface area contributed by atoms with Crippen molar-refractivity contribution in [2.75, 3.05) is 12.4 Å². The lowest BCUT2D eigenvalue weighted by molar-refractivity contribution is -0.149. The molecule has 0 N–H and O–H groups in total. The van der Waals surface area contributed by atoms with Crippen molar-refractivity contribution in [2.24, 2.45) is 0 Å². The summed E-state index contributed by atoms with van der Waals surface area (Å²) in [6.45, 7) is 3.73. The zero-order chi connectivity index (χ0) is 18.9. The first kappa shape index (κ1) is 18.1. The van der Waals surface area contributed by atoms with Gasteiger partial charge in [-0.25, -0.2) is 17.4 Å². The maximum atomic E-state index is 12.9. The SMILES string of the molecule is CCOC(=O)C1(CCC#N)CS(=O)(=O)n2c1cnc2-c1ccc(C)cc1. The molecule has 1 aromatic carbocycles. The third-order valence-corrected chi connectivity index (χ3v) is 6.34. The van der Waals surface area contributed by atoms with Gasteiger partial charge in [-0.3, -0.25) is 4.79 Å². The number of benzene rings is 1. The number of nitrogens with zero attached hydrogens (tertiary/aromatic N) is 3. The number of hydrogen-bond acceptors (Lipinski definition) is 6. The Hall–Kier alpha value is -2.66. The van der Waals surface area contributed by atoms with Gasteiger partial charge in [-0.1, -0.05) is 29.8 Å². The number of fused-ring (bicyclic) bond motifs is 1. The summed E-state index contributed by atoms with van der Waals surface area (Å²) < 4.78 is 32.1. The van der Waals surface area contributed by atoms with Crippen LogP contribution in [-0.4, -0.2) is 35.7 Å². The third-order valence-electron chi connectivity index (χ3n) is 4.56. The highest BCUT2D eigenvalue weighted by Gasteiger charge is 2.55. The summed E-state index contributed by atoms with van der Waals surface area (Å²) in [6, 6.07) is 9.31. The smallest absolute Gasteiger partial charge is 0.319 e. The number of carbonyl (C=O) groups is 1. The normalized spacial score (nSPS) is 20.3. The van der Waals surface area contributed by atoms with Gasteiger partial charge in [-0.05, 0) is 20.3 Å². The molecule has 136 valence electrons. The average molecular weight is 373 g/mol. The number of hydrogen-bond donors (Lipinski definition) is 0. The highest BCUT2D eigenvalue weighted by molar-refractivity contribution is 7.90. The van der Waals surface area contributed by atoms with E-state index in [1.165, 1.54) is 6.20 Å². The molecule has 1 unspecified atom stereocenters. The molecule has 0 spiro atoms. The molecule has 2 aromatic rings. The Bertz CT molecular complexity index is 986. The minimum atomic E-state index is -3.81. The van der Waals surface area contributed by atoms with Crippen molar-refractivity contribution >= 4 is 16.0 Å². The van der Waals surface area contributed by atoms with E-state index in [2.05, 4.69) is 4.98 Å². The molecule has 26 heavy (non-hydrogen) atoms. The molecule has 0 radical (unpaired) electrons. The Morgan fingerprint density at radius 1 is 1.38 bits per heavy atom. The summed E-state index contributed by atoms with van der Waals surface area (Å²) in [4.78, 5) is 16.9. The van der Waals surface area contributed by atoms with Gasteiger partial charge in [0.25, 0.3) is 0 Å². The van der Waals surface area contributed by atoms with Gasteiger partial charge in [-0.15, -0.1) is 0 Å². The first-order chi connectivity index (χ1) is 12.4. The van der Waals surface area contributed by atoms with Crippen molar-refractivity contribution < 1.29 is 17.9 Å². The van der Waals surface area contributed by atoms with Gasteiger partial charge >= 0.3 is 5.97 Å². The lowest BCUT2D eigenvalue weighted by atomic mass is 9.82. The van der Waals surface area contributed by atoms with E-state index in [0.717, 1.165) is 9.54 Å². The fraction of sp³-hybridized carbons (Fsp3) is 0.389. The summed E-state index contributed by atoms with van der Waals surface area (Å²) in [5, 5.41) is 8.97. The molecule has 0 saturated heterocycles. The number of carbonyl (C=O) groups excluding carboxylic acids is 1. The molecule has 7 nitrogen and oxygen atoms in total. The largest absolute Gasteiger partial charge is 0.465 e. The molecule has 0 amide bonds. The van der Waals surface area contributed by atoms with E-state index in [1.54, 1.807) is 19.1 Å². The predicted octanol–water partition coefficient (Wildman–Crippen LogP) is 2.15. The van der Waals surface area contributed by atoms with Crippen LogP contribution in [0.2, 0.25) is 0 Å². The molecule has 2 heterocycles. The van der Waals surface area contributed by atoms with Crippen LogP contribution in [0.4, 0.5) is 0 Å². The van der Waals surface area contributed by atoms with Crippen molar-refractivity contribution in [3.05, 3.63) is 41.7 Å². The molecule has 0 aliphatic carbocycles. The lowest BCUT2D eigenvalue weighted by Crippen LogP contribution is -2.39. The second-order valence-electron chi connectivity index (χ2n) is 6.31. The Kier molecular flexibility index (Phi) is 4.59. The number of imidazole rings is 1. The maximum Gasteiger partial charge on any atom is 0.319 e. The third kappa shape index (κ3) is 2.78. The van der Waals surface area contributed by atoms with Gasteiger partial charge in [-0.2, -0.15) is 5.26 Å². The first-order valence-corrected chi connectivity index (χ1v) is 9.89. The lowest BCUT2D eigenvalue weighted by Gasteiger charge is -2.23. The summed E-state index contributed by atoms with van der Waals surface area (Å²) in [7, 11) is -3.81. The average Bonchev–Trinajstić information content (AvgIpc) is 3.14. The van der Waals surface area contributed by atoms with E-state index >= 15 is 0 Å². The van der Waals surface area contributed by atoms with Crippen LogP contribution in [0.25, 0.3) is 11.4 Å². The summed E-state index contributed by atoms with van der Waals surface area (Å²) in [6.07, 6.45) is 1.52. The zero-order valence-electron chi connectivity index (χ0n) is 14.6. The van der Waals surface area contributed by atoms with E-state index in [0.29, 0.717) is 5.56 Å². The molecule has 1 aliphatic rings. The number of ether oxygens (including phenoxy) is 1. The number of aromatic nitrogens is 2. The van der Waals surface area contributed by atoms with Gasteiger partial charge in [0.15, 0.2) is 5.82 Å². The van der Waals surface area contributed by atoms with Gasteiger partial charge in [0, 0.05) is 12.0 Å². The molecule has 8 heteroatoms. The monoisotopic (exact) mass is 373 g/mol. The molecule has 3 rings (SSSR count). The van der Waals surface area contributed by atoms with E-state index in [-0.39, 0.29) is 31.0 Å². The highest BCUT2D eigenvalue weighted by atomic mass is 32.2. The topological polar surface area (TPSA) is 102 Å². The minimum absolute atomic E-state index is 0.0411. The summed E-state index contributed by atoms with van der Waals surface area (Å²) in [5.41, 5.74) is 0.549. The van der Waals surface area contributed by atoms with E-state index in [1.807, 2.05) is 25.1 Å². The summed E-state index contributed by atoms with van der Waals surface area (Å²) in [5.74, 6) is -0.784. The van der Waals surface area contributed by atoms with Crippen LogP contribution in [-0.2, 0) is 25.0 Å². The second kappa shape index (κ2) is 6.57. The van der Waals surface area contributed by atoms with Crippen molar-refractivity contribution in [3.8, 4) is 17.5 Å². The Morgan fingerprint density at radius 3 is 2.69 bits per heavy atom. The van der Waals surface area contributed by atoms with Crippen LogP contribution >= 0.6 is 0 Å². The van der Waals surface area contributed by atoms with E-state index in [9.17, 15) is 13.2 Å². The standard InChI is InChI=1S/C18H19N3O4S/c1-3-25-17(22)18(9-4-10-19)12-26(23,24)21-15(18)11-20-16(21)14-7-5-13(2)6-8-14/h5-8,11H,3-4,9,12H2,1-2H3. The Morgan fingerprint density at radius 2 is 2.08 bits per heavy atom.